The molecule has 0 aliphatic carbocycles. The zero-order chi connectivity index (χ0) is 29.2. The van der Waals surface area contributed by atoms with Gasteiger partial charge in [0.25, 0.3) is 5.91 Å². The van der Waals surface area contributed by atoms with Crippen LogP contribution in [0.1, 0.15) is 53.5 Å². The van der Waals surface area contributed by atoms with Crippen LogP contribution >= 0.6 is 0 Å². The second-order valence-corrected chi connectivity index (χ2v) is 12.1. The van der Waals surface area contributed by atoms with Crippen molar-refractivity contribution < 1.29 is 24.2 Å². The lowest BCUT2D eigenvalue weighted by molar-refractivity contribution is -0.202. The number of amides is 1. The van der Waals surface area contributed by atoms with E-state index >= 15 is 0 Å². The minimum atomic E-state index is -1.96. The van der Waals surface area contributed by atoms with Crippen molar-refractivity contribution in [1.82, 2.24) is 14.5 Å². The van der Waals surface area contributed by atoms with Gasteiger partial charge >= 0.3 is 5.97 Å². The van der Waals surface area contributed by atoms with Gasteiger partial charge in [-0.2, -0.15) is 0 Å². The normalized spacial score (nSPS) is 25.6. The summed E-state index contributed by atoms with van der Waals surface area (Å²) < 4.78 is 16.1. The second-order valence-electron chi connectivity index (χ2n) is 12.1. The number of fused-ring (bicyclic) bond motifs is 13. The van der Waals surface area contributed by atoms with Crippen LogP contribution in [0.25, 0.3) is 43.6 Å². The minimum Gasteiger partial charge on any atom is -0.467 e. The van der Waals surface area contributed by atoms with Gasteiger partial charge in [-0.1, -0.05) is 66.7 Å². The van der Waals surface area contributed by atoms with Gasteiger partial charge in [0.1, 0.15) is 6.23 Å². The van der Waals surface area contributed by atoms with Crippen LogP contribution in [0.2, 0.25) is 0 Å². The average molecular weight is 572 g/mol. The number of carbonyl (C=O) groups excluding carboxylic acids is 2. The Hall–Kier alpha value is -4.66. The maximum Gasteiger partial charge on any atom is 0.343 e. The van der Waals surface area contributed by atoms with Crippen molar-refractivity contribution in [3.63, 3.8) is 0 Å². The number of hydrogen-bond acceptors (Lipinski definition) is 5. The molecular formula is C35H29N3O5. The molecule has 2 bridgehead atoms. The molecule has 2 N–H and O–H groups in total. The molecule has 0 radical (unpaired) electrons. The number of rotatable bonds is 4. The number of esters is 1. The van der Waals surface area contributed by atoms with E-state index in [2.05, 4.69) is 28.1 Å². The van der Waals surface area contributed by atoms with Gasteiger partial charge in [-0.25, -0.2) is 4.79 Å². The number of para-hydroxylation sites is 2. The van der Waals surface area contributed by atoms with Crippen molar-refractivity contribution in [3.05, 3.63) is 95.6 Å². The summed E-state index contributed by atoms with van der Waals surface area (Å²) in [7, 11) is 1.29. The van der Waals surface area contributed by atoms with Gasteiger partial charge in [0.05, 0.1) is 40.8 Å². The van der Waals surface area contributed by atoms with Gasteiger partial charge in [-0.15, -0.1) is 0 Å². The van der Waals surface area contributed by atoms with E-state index in [0.29, 0.717) is 5.56 Å². The van der Waals surface area contributed by atoms with Crippen molar-refractivity contribution in [2.24, 2.45) is 0 Å². The van der Waals surface area contributed by atoms with E-state index in [1.807, 2.05) is 65.2 Å². The van der Waals surface area contributed by atoms with Gasteiger partial charge in [-0.3, -0.25) is 4.79 Å². The summed E-state index contributed by atoms with van der Waals surface area (Å²) in [6.07, 6.45) is 0.857. The topological polar surface area (TPSA) is 94.7 Å². The van der Waals surface area contributed by atoms with Gasteiger partial charge in [-0.05, 0) is 43.0 Å². The Kier molecular flexibility index (Phi) is 4.77. The van der Waals surface area contributed by atoms with E-state index < -0.39 is 23.5 Å². The quantitative estimate of drug-likeness (QED) is 0.260. The summed E-state index contributed by atoms with van der Waals surface area (Å²) in [6.45, 7) is 1.78. The van der Waals surface area contributed by atoms with Crippen molar-refractivity contribution in [2.45, 2.75) is 49.8 Å². The van der Waals surface area contributed by atoms with E-state index in [9.17, 15) is 14.7 Å². The first-order valence-corrected chi connectivity index (χ1v) is 14.7. The standard InChI is InChI=1S/C35H29N3O5/c1-34-35(41,33(40)42-2)18-25(43-34)37-23-14-8-6-12-20(23)27-29-28(22(36-32(29)39)17-16-19-10-4-3-5-11-19)26-21-13-7-9-15-24(21)38(34)31(26)30(27)37/h3-15,22,25,41H,16-18H2,1-2H3,(H,36,39)/t22-,25+,34-,35-/m0/s1. The Morgan fingerprint density at radius 1 is 0.977 bits per heavy atom. The lowest BCUT2D eigenvalue weighted by Crippen LogP contribution is -2.56. The monoisotopic (exact) mass is 571 g/mol. The number of aryl methyl sites for hydroxylation is 1. The zero-order valence-electron chi connectivity index (χ0n) is 23.8. The first-order valence-electron chi connectivity index (χ1n) is 14.7. The maximum atomic E-state index is 14.0. The number of aromatic nitrogens is 2. The first-order chi connectivity index (χ1) is 20.9. The molecule has 2 aromatic heterocycles. The SMILES string of the molecule is COC(=O)[C@@]1(O)C[C@H]2O[C@]1(C)n1c3ccccc3c3c4c(c5c6ccccc6n2c5c31)C(=O)N[C@H]4CCc1ccccc1. The predicted molar refractivity (Wildman–Crippen MR) is 163 cm³/mol. The van der Waals surface area contributed by atoms with E-state index in [0.717, 1.165) is 62.0 Å². The van der Waals surface area contributed by atoms with Crippen LogP contribution < -0.4 is 5.32 Å². The van der Waals surface area contributed by atoms with Crippen LogP contribution in [0, 0.1) is 0 Å². The number of hydrogen-bond donors (Lipinski definition) is 2. The van der Waals surface area contributed by atoms with Gasteiger partial charge in [0.2, 0.25) is 5.60 Å². The number of nitrogens with zero attached hydrogens (tertiary/aromatic N) is 2. The molecule has 3 aliphatic heterocycles. The molecular weight excluding hydrogens is 542 g/mol. The second kappa shape index (κ2) is 8.24. The zero-order valence-corrected chi connectivity index (χ0v) is 23.8. The van der Waals surface area contributed by atoms with E-state index in [-0.39, 0.29) is 18.4 Å². The number of carbonyl (C=O) groups is 2. The third kappa shape index (κ3) is 2.88. The number of nitrogens with one attached hydrogen (secondary N) is 1. The number of benzene rings is 4. The van der Waals surface area contributed by atoms with Crippen LogP contribution in [-0.4, -0.2) is 38.8 Å². The van der Waals surface area contributed by atoms with Crippen molar-refractivity contribution in [3.8, 4) is 0 Å². The number of methoxy groups -OCH3 is 1. The molecule has 4 aromatic carbocycles. The van der Waals surface area contributed by atoms with Gasteiger partial charge < -0.3 is 29.0 Å². The molecule has 214 valence electrons. The summed E-state index contributed by atoms with van der Waals surface area (Å²) in [6, 6.07) is 26.1. The van der Waals surface area contributed by atoms with E-state index in [1.165, 1.54) is 12.7 Å². The fourth-order valence-electron chi connectivity index (χ4n) is 8.22. The molecule has 43 heavy (non-hydrogen) atoms. The van der Waals surface area contributed by atoms with Crippen molar-refractivity contribution in [1.29, 1.82) is 0 Å². The molecule has 1 amide bonds. The molecule has 3 aliphatic rings. The molecule has 4 atom stereocenters. The highest BCUT2D eigenvalue weighted by Crippen LogP contribution is 2.58. The van der Waals surface area contributed by atoms with Crippen molar-refractivity contribution in [2.75, 3.05) is 7.11 Å². The molecule has 0 unspecified atom stereocenters. The lowest BCUT2D eigenvalue weighted by Gasteiger charge is -2.37. The van der Waals surface area contributed by atoms with Crippen LogP contribution in [0.5, 0.6) is 0 Å². The highest BCUT2D eigenvalue weighted by molar-refractivity contribution is 6.31. The molecule has 1 fully saturated rings. The first kappa shape index (κ1) is 24.9. The predicted octanol–water partition coefficient (Wildman–Crippen LogP) is 5.83. The summed E-state index contributed by atoms with van der Waals surface area (Å²) in [5.74, 6) is -0.819. The maximum absolute atomic E-state index is 14.0. The Morgan fingerprint density at radius 2 is 1.65 bits per heavy atom. The third-order valence-electron chi connectivity index (χ3n) is 10.1. The Bertz CT molecular complexity index is 2200. The smallest absolute Gasteiger partial charge is 0.343 e. The van der Waals surface area contributed by atoms with Crippen LogP contribution in [0.3, 0.4) is 0 Å². The number of ether oxygens (including phenoxy) is 2. The third-order valence-corrected chi connectivity index (χ3v) is 10.1. The van der Waals surface area contributed by atoms with Gasteiger partial charge in [0.15, 0.2) is 5.72 Å². The molecule has 8 heteroatoms. The Balaban J connectivity index is 1.47. The molecule has 8 nitrogen and oxygen atoms in total. The largest absolute Gasteiger partial charge is 0.467 e. The Morgan fingerprint density at radius 3 is 2.40 bits per heavy atom. The average Bonchev–Trinajstić information content (AvgIpc) is 3.71. The molecule has 9 rings (SSSR count). The highest BCUT2D eigenvalue weighted by atomic mass is 16.6. The van der Waals surface area contributed by atoms with Gasteiger partial charge in [0, 0.05) is 28.0 Å². The molecule has 1 saturated heterocycles. The number of aliphatic hydroxyl groups is 1. The fourth-order valence-corrected chi connectivity index (χ4v) is 8.22. The minimum absolute atomic E-state index is 0.000367. The highest BCUT2D eigenvalue weighted by Gasteiger charge is 2.66. The summed E-state index contributed by atoms with van der Waals surface area (Å²) in [5.41, 5.74) is 2.85. The van der Waals surface area contributed by atoms with Crippen LogP contribution in [0.4, 0.5) is 0 Å². The lowest BCUT2D eigenvalue weighted by atomic mass is 9.88. The molecule has 5 heterocycles. The van der Waals surface area contributed by atoms with E-state index in [1.54, 1.807) is 6.92 Å². The fraction of sp³-hybridized carbons (Fsp3) is 0.257. The van der Waals surface area contributed by atoms with Crippen LogP contribution in [-0.2, 0) is 26.4 Å². The molecule has 0 spiro atoms. The van der Waals surface area contributed by atoms with E-state index in [4.69, 9.17) is 9.47 Å². The summed E-state index contributed by atoms with van der Waals surface area (Å²) in [4.78, 5) is 27.4. The molecule has 6 aromatic rings. The summed E-state index contributed by atoms with van der Waals surface area (Å²) in [5, 5.41) is 19.3. The van der Waals surface area contributed by atoms with Crippen LogP contribution in [0.15, 0.2) is 78.9 Å². The molecule has 0 saturated carbocycles. The Labute approximate surface area is 246 Å². The van der Waals surface area contributed by atoms with Crippen molar-refractivity contribution >= 4 is 55.5 Å². The summed E-state index contributed by atoms with van der Waals surface area (Å²) >= 11 is 0.